The molecule has 0 saturated heterocycles. The fourth-order valence-electron chi connectivity index (χ4n) is 7.78. The maximum atomic E-state index is 6.23. The lowest BCUT2D eigenvalue weighted by atomic mass is 9.93. The lowest BCUT2D eigenvalue weighted by Gasteiger charge is -2.26. The van der Waals surface area contributed by atoms with Crippen LogP contribution in [0.15, 0.2) is 229 Å². The smallest absolute Gasteiger partial charge is 0.135 e. The number of fused-ring (bicyclic) bond motifs is 3. The molecule has 0 saturated carbocycles. The van der Waals surface area contributed by atoms with Crippen molar-refractivity contribution >= 4 is 39.0 Å². The predicted octanol–water partition coefficient (Wildman–Crippen LogP) is 15.4. The number of anilines is 3. The maximum absolute atomic E-state index is 6.23. The largest absolute Gasteiger partial charge is 0.456 e. The van der Waals surface area contributed by atoms with Crippen LogP contribution in [0.25, 0.3) is 77.6 Å². The Morgan fingerprint density at radius 2 is 0.571 bits per heavy atom. The van der Waals surface area contributed by atoms with Crippen molar-refractivity contribution in [3.63, 3.8) is 0 Å². The van der Waals surface area contributed by atoms with Gasteiger partial charge in [0.2, 0.25) is 0 Å². The number of hydrogen-bond acceptors (Lipinski definition) is 2. The topological polar surface area (TPSA) is 16.4 Å². The maximum Gasteiger partial charge on any atom is 0.135 e. The molecule has 0 aliphatic rings. The summed E-state index contributed by atoms with van der Waals surface area (Å²) in [5.74, 6) is 0. The van der Waals surface area contributed by atoms with Crippen LogP contribution in [0.5, 0.6) is 0 Å². The van der Waals surface area contributed by atoms with Crippen LogP contribution in [0.3, 0.4) is 0 Å². The van der Waals surface area contributed by atoms with Crippen molar-refractivity contribution in [2.75, 3.05) is 4.90 Å². The SMILES string of the molecule is c1ccc(-c2ccc(-c3ccc(N(c4ccc(-c5cc(-c6ccccc6)cc(-c6ccccc6)c5)cc4)c4ccc5oc6ccccc6c5c4)cc3)cc2)cc1. The van der Waals surface area contributed by atoms with Gasteiger partial charge in [0, 0.05) is 27.8 Å². The van der Waals surface area contributed by atoms with Gasteiger partial charge < -0.3 is 9.32 Å². The summed E-state index contributed by atoms with van der Waals surface area (Å²) < 4.78 is 6.23. The van der Waals surface area contributed by atoms with E-state index in [9.17, 15) is 0 Å². The van der Waals surface area contributed by atoms with Gasteiger partial charge in [-0.05, 0) is 122 Å². The molecule has 0 radical (unpaired) electrons. The van der Waals surface area contributed by atoms with Gasteiger partial charge in [-0.1, -0.05) is 158 Å². The number of furan rings is 1. The zero-order valence-corrected chi connectivity index (χ0v) is 30.7. The van der Waals surface area contributed by atoms with Crippen molar-refractivity contribution in [2.45, 2.75) is 0 Å². The zero-order valence-electron chi connectivity index (χ0n) is 30.7. The second-order valence-electron chi connectivity index (χ2n) is 14.2. The van der Waals surface area contributed by atoms with Gasteiger partial charge in [-0.25, -0.2) is 0 Å². The van der Waals surface area contributed by atoms with E-state index in [1.807, 2.05) is 12.1 Å². The molecule has 56 heavy (non-hydrogen) atoms. The van der Waals surface area contributed by atoms with E-state index in [1.165, 1.54) is 50.1 Å². The van der Waals surface area contributed by atoms with Crippen molar-refractivity contribution in [3.8, 4) is 55.6 Å². The van der Waals surface area contributed by atoms with Gasteiger partial charge >= 0.3 is 0 Å². The highest BCUT2D eigenvalue weighted by atomic mass is 16.3. The standard InChI is InChI=1S/C54H37NO/c1-4-12-38(13-5-1)41-20-22-42(23-21-41)43-24-28-48(29-25-43)55(50-32-33-54-52(37-50)51-18-10-11-19-53(51)56-54)49-30-26-44(27-31-49)47-35-45(39-14-6-2-7-15-39)34-46(36-47)40-16-8-3-9-17-40/h1-37H. The zero-order chi connectivity index (χ0) is 37.3. The molecule has 0 aliphatic carbocycles. The second kappa shape index (κ2) is 14.4. The van der Waals surface area contributed by atoms with Crippen molar-refractivity contribution in [1.82, 2.24) is 0 Å². The van der Waals surface area contributed by atoms with Gasteiger partial charge in [0.05, 0.1) is 0 Å². The number of para-hydroxylation sites is 1. The number of nitrogens with zero attached hydrogens (tertiary/aromatic N) is 1. The fourth-order valence-corrected chi connectivity index (χ4v) is 7.78. The van der Waals surface area contributed by atoms with E-state index in [1.54, 1.807) is 0 Å². The summed E-state index contributed by atoms with van der Waals surface area (Å²) >= 11 is 0. The Morgan fingerprint density at radius 3 is 1.05 bits per heavy atom. The van der Waals surface area contributed by atoms with Crippen LogP contribution in [-0.2, 0) is 0 Å². The molecule has 0 N–H and O–H groups in total. The van der Waals surface area contributed by atoms with Crippen molar-refractivity contribution in [1.29, 1.82) is 0 Å². The third kappa shape index (κ3) is 6.44. The van der Waals surface area contributed by atoms with Gasteiger partial charge in [0.25, 0.3) is 0 Å². The van der Waals surface area contributed by atoms with Gasteiger partial charge in [-0.3, -0.25) is 0 Å². The van der Waals surface area contributed by atoms with Gasteiger partial charge in [0.1, 0.15) is 11.2 Å². The first-order valence-electron chi connectivity index (χ1n) is 19.1. The predicted molar refractivity (Wildman–Crippen MR) is 236 cm³/mol. The van der Waals surface area contributed by atoms with E-state index >= 15 is 0 Å². The number of rotatable bonds is 8. The van der Waals surface area contributed by atoms with E-state index in [4.69, 9.17) is 4.42 Å². The Kier molecular flexibility index (Phi) is 8.55. The van der Waals surface area contributed by atoms with Crippen LogP contribution >= 0.6 is 0 Å². The van der Waals surface area contributed by atoms with Crippen molar-refractivity contribution in [3.05, 3.63) is 224 Å². The summed E-state index contributed by atoms with van der Waals surface area (Å²) in [6.45, 7) is 0. The molecule has 2 heteroatoms. The first kappa shape index (κ1) is 33.2. The van der Waals surface area contributed by atoms with E-state index in [-0.39, 0.29) is 0 Å². The fraction of sp³-hybridized carbons (Fsp3) is 0. The minimum atomic E-state index is 0.882. The minimum Gasteiger partial charge on any atom is -0.456 e. The van der Waals surface area contributed by atoms with E-state index in [2.05, 4.69) is 217 Å². The second-order valence-corrected chi connectivity index (χ2v) is 14.2. The highest BCUT2D eigenvalue weighted by molar-refractivity contribution is 6.06. The van der Waals surface area contributed by atoms with Gasteiger partial charge in [0.15, 0.2) is 0 Å². The Labute approximate surface area is 327 Å². The summed E-state index contributed by atoms with van der Waals surface area (Å²) in [6, 6.07) is 80.1. The quantitative estimate of drug-likeness (QED) is 0.156. The molecule has 0 atom stereocenters. The summed E-state index contributed by atoms with van der Waals surface area (Å²) in [7, 11) is 0. The molecular formula is C54H37NO. The van der Waals surface area contributed by atoms with Crippen molar-refractivity contribution in [2.24, 2.45) is 0 Å². The first-order chi connectivity index (χ1) is 27.7. The molecule has 264 valence electrons. The Morgan fingerprint density at radius 1 is 0.232 bits per heavy atom. The molecular weight excluding hydrogens is 679 g/mol. The van der Waals surface area contributed by atoms with Crippen LogP contribution in [0.4, 0.5) is 17.1 Å². The molecule has 10 rings (SSSR count). The Balaban J connectivity index is 1.04. The molecule has 1 aromatic heterocycles. The van der Waals surface area contributed by atoms with E-state index in [0.717, 1.165) is 44.6 Å². The summed E-state index contributed by atoms with van der Waals surface area (Å²) in [5.41, 5.74) is 16.9. The normalized spacial score (nSPS) is 11.2. The summed E-state index contributed by atoms with van der Waals surface area (Å²) in [4.78, 5) is 2.34. The van der Waals surface area contributed by atoms with Gasteiger partial charge in [-0.15, -0.1) is 0 Å². The van der Waals surface area contributed by atoms with E-state index in [0.29, 0.717) is 0 Å². The molecule has 2 nitrogen and oxygen atoms in total. The number of hydrogen-bond donors (Lipinski definition) is 0. The van der Waals surface area contributed by atoms with Crippen LogP contribution in [0.1, 0.15) is 0 Å². The number of benzene rings is 9. The first-order valence-corrected chi connectivity index (χ1v) is 19.1. The average Bonchev–Trinajstić information content (AvgIpc) is 3.66. The Hall–Kier alpha value is -7.42. The monoisotopic (exact) mass is 715 g/mol. The summed E-state index contributed by atoms with van der Waals surface area (Å²) in [5, 5.41) is 2.21. The Bertz CT molecular complexity index is 2850. The molecule has 0 unspecified atom stereocenters. The highest BCUT2D eigenvalue weighted by Gasteiger charge is 2.17. The molecule has 0 bridgehead atoms. The molecule has 1 heterocycles. The third-order valence-electron chi connectivity index (χ3n) is 10.7. The molecule has 10 aromatic rings. The lowest BCUT2D eigenvalue weighted by molar-refractivity contribution is 0.669. The minimum absolute atomic E-state index is 0.882. The van der Waals surface area contributed by atoms with Crippen LogP contribution in [-0.4, -0.2) is 0 Å². The van der Waals surface area contributed by atoms with Crippen molar-refractivity contribution < 1.29 is 4.42 Å². The van der Waals surface area contributed by atoms with Crippen LogP contribution in [0, 0.1) is 0 Å². The lowest BCUT2D eigenvalue weighted by Crippen LogP contribution is -2.09. The third-order valence-corrected chi connectivity index (χ3v) is 10.7. The van der Waals surface area contributed by atoms with Crippen LogP contribution < -0.4 is 4.90 Å². The van der Waals surface area contributed by atoms with Gasteiger partial charge in [-0.2, -0.15) is 0 Å². The molecule has 0 amide bonds. The van der Waals surface area contributed by atoms with E-state index < -0.39 is 0 Å². The molecule has 9 aromatic carbocycles. The van der Waals surface area contributed by atoms with Crippen LogP contribution in [0.2, 0.25) is 0 Å². The molecule has 0 spiro atoms. The highest BCUT2D eigenvalue weighted by Crippen LogP contribution is 2.41. The molecule has 0 aliphatic heterocycles. The average molecular weight is 716 g/mol. The molecule has 0 fully saturated rings. The summed E-state index contributed by atoms with van der Waals surface area (Å²) in [6.07, 6.45) is 0.